The van der Waals surface area contributed by atoms with Gasteiger partial charge in [-0.15, -0.1) is 0 Å². The van der Waals surface area contributed by atoms with Crippen molar-refractivity contribution < 1.29 is 14.6 Å². The number of nitrogens with zero attached hydrogens (tertiary/aromatic N) is 2. The predicted molar refractivity (Wildman–Crippen MR) is 74.5 cm³/mol. The first-order chi connectivity index (χ1) is 9.61. The van der Waals surface area contributed by atoms with Crippen molar-refractivity contribution in [2.24, 2.45) is 0 Å². The summed E-state index contributed by atoms with van der Waals surface area (Å²) in [5.74, 6) is -1.08. The third kappa shape index (κ3) is 3.19. The quantitative estimate of drug-likeness (QED) is 0.906. The van der Waals surface area contributed by atoms with Crippen LogP contribution in [0, 0.1) is 0 Å². The van der Waals surface area contributed by atoms with Gasteiger partial charge in [-0.05, 0) is 19.4 Å². The molecule has 104 valence electrons. The van der Waals surface area contributed by atoms with Crippen LogP contribution < -0.4 is 0 Å². The highest BCUT2D eigenvalue weighted by Crippen LogP contribution is 2.21. The van der Waals surface area contributed by atoms with Gasteiger partial charge in [0.1, 0.15) is 0 Å². The zero-order chi connectivity index (χ0) is 14.5. The smallest absolute Gasteiger partial charge is 0.356 e. The summed E-state index contributed by atoms with van der Waals surface area (Å²) in [5.41, 5.74) is 2.38. The third-order valence-electron chi connectivity index (χ3n) is 2.95. The Kier molecular flexibility index (Phi) is 4.42. The van der Waals surface area contributed by atoms with E-state index in [0.717, 1.165) is 11.1 Å². The van der Waals surface area contributed by atoms with E-state index in [1.165, 1.54) is 6.20 Å². The van der Waals surface area contributed by atoms with Gasteiger partial charge >= 0.3 is 5.97 Å². The second-order valence-electron chi connectivity index (χ2n) is 4.31. The Morgan fingerprint density at radius 2 is 2.00 bits per heavy atom. The molecule has 0 aliphatic carbocycles. The number of benzene rings is 1. The Hall–Kier alpha value is -2.27. The summed E-state index contributed by atoms with van der Waals surface area (Å²) in [6.07, 6.45) is 2.82. The fraction of sp³-hybridized carbons (Fsp3) is 0.267. The van der Waals surface area contributed by atoms with Crippen LogP contribution in [0.4, 0.5) is 0 Å². The van der Waals surface area contributed by atoms with E-state index >= 15 is 0 Å². The molecule has 1 N–H and O–H groups in total. The lowest BCUT2D eigenvalue weighted by molar-refractivity contribution is 0.0690. The summed E-state index contributed by atoms with van der Waals surface area (Å²) < 4.78 is 5.52. The van der Waals surface area contributed by atoms with Crippen LogP contribution in [0.1, 0.15) is 36.0 Å². The van der Waals surface area contributed by atoms with E-state index in [4.69, 9.17) is 9.84 Å². The van der Waals surface area contributed by atoms with Gasteiger partial charge < -0.3 is 9.84 Å². The number of hydrogen-bond donors (Lipinski definition) is 1. The van der Waals surface area contributed by atoms with E-state index in [-0.39, 0.29) is 11.8 Å². The topological polar surface area (TPSA) is 72.3 Å². The molecule has 0 amide bonds. The van der Waals surface area contributed by atoms with E-state index in [2.05, 4.69) is 9.97 Å². The van der Waals surface area contributed by atoms with Crippen LogP contribution in [0.25, 0.3) is 11.3 Å². The van der Waals surface area contributed by atoms with Gasteiger partial charge in [-0.2, -0.15) is 0 Å². The molecule has 20 heavy (non-hydrogen) atoms. The zero-order valence-corrected chi connectivity index (χ0v) is 11.4. The Bertz CT molecular complexity index is 596. The van der Waals surface area contributed by atoms with E-state index in [9.17, 15) is 4.79 Å². The molecule has 2 rings (SSSR count). The molecule has 1 aromatic carbocycles. The first-order valence-corrected chi connectivity index (χ1v) is 6.39. The van der Waals surface area contributed by atoms with Crippen molar-refractivity contribution in [3.8, 4) is 11.3 Å². The van der Waals surface area contributed by atoms with Gasteiger partial charge in [-0.25, -0.2) is 9.78 Å². The molecule has 0 bridgehead atoms. The van der Waals surface area contributed by atoms with Crippen LogP contribution in [-0.2, 0) is 4.74 Å². The molecule has 0 aliphatic rings. The summed E-state index contributed by atoms with van der Waals surface area (Å²) >= 11 is 0. The van der Waals surface area contributed by atoms with Crippen LogP contribution in [0.2, 0.25) is 0 Å². The summed E-state index contributed by atoms with van der Waals surface area (Å²) in [7, 11) is 0. The number of aromatic nitrogens is 2. The number of ether oxygens (including phenoxy) is 1. The van der Waals surface area contributed by atoms with Gasteiger partial charge in [0.25, 0.3) is 0 Å². The van der Waals surface area contributed by atoms with Crippen LogP contribution >= 0.6 is 0 Å². The lowest BCUT2D eigenvalue weighted by Crippen LogP contribution is -2.02. The first kappa shape index (κ1) is 14.1. The van der Waals surface area contributed by atoms with Gasteiger partial charge in [0.05, 0.1) is 24.2 Å². The molecule has 0 aliphatic heterocycles. The highest BCUT2D eigenvalue weighted by Gasteiger charge is 2.09. The molecular weight excluding hydrogens is 256 g/mol. The number of carboxylic acid groups (broad SMARTS) is 1. The standard InChI is InChI=1S/C15H16N2O3/c1-3-20-10(2)11-4-6-12(7-5-11)13-8-16-9-14(17-13)15(18)19/h4-10H,3H2,1-2H3,(H,18,19). The van der Waals surface area contributed by atoms with E-state index in [1.54, 1.807) is 6.20 Å². The van der Waals surface area contributed by atoms with Gasteiger partial charge in [0.15, 0.2) is 5.69 Å². The summed E-state index contributed by atoms with van der Waals surface area (Å²) in [5, 5.41) is 8.91. The normalized spacial score (nSPS) is 12.1. The second-order valence-corrected chi connectivity index (χ2v) is 4.31. The van der Waals surface area contributed by atoms with Crippen molar-refractivity contribution in [3.05, 3.63) is 47.9 Å². The predicted octanol–water partition coefficient (Wildman–Crippen LogP) is 2.94. The Morgan fingerprint density at radius 1 is 1.30 bits per heavy atom. The number of rotatable bonds is 5. The Morgan fingerprint density at radius 3 is 2.60 bits per heavy atom. The Balaban J connectivity index is 2.26. The molecule has 1 atom stereocenters. The molecule has 0 saturated heterocycles. The molecule has 0 saturated carbocycles. The molecule has 1 unspecified atom stereocenters. The molecule has 1 aromatic heterocycles. The maximum absolute atomic E-state index is 10.9. The van der Waals surface area contributed by atoms with Crippen molar-refractivity contribution in [1.82, 2.24) is 9.97 Å². The molecule has 5 heteroatoms. The summed E-state index contributed by atoms with van der Waals surface area (Å²) in [6, 6.07) is 7.68. The van der Waals surface area contributed by atoms with Crippen molar-refractivity contribution in [3.63, 3.8) is 0 Å². The number of carboxylic acids is 1. The summed E-state index contributed by atoms with van der Waals surface area (Å²) in [6.45, 7) is 4.61. The maximum Gasteiger partial charge on any atom is 0.356 e. The summed E-state index contributed by atoms with van der Waals surface area (Å²) in [4.78, 5) is 18.8. The number of aromatic carboxylic acids is 1. The van der Waals surface area contributed by atoms with Crippen molar-refractivity contribution >= 4 is 5.97 Å². The molecule has 1 heterocycles. The minimum atomic E-state index is -1.08. The van der Waals surface area contributed by atoms with Crippen LogP contribution in [-0.4, -0.2) is 27.7 Å². The van der Waals surface area contributed by atoms with E-state index in [1.807, 2.05) is 38.1 Å². The largest absolute Gasteiger partial charge is 0.476 e. The van der Waals surface area contributed by atoms with Crippen molar-refractivity contribution in [2.75, 3.05) is 6.61 Å². The van der Waals surface area contributed by atoms with Gasteiger partial charge in [-0.3, -0.25) is 4.98 Å². The highest BCUT2D eigenvalue weighted by molar-refractivity contribution is 5.85. The first-order valence-electron chi connectivity index (χ1n) is 6.39. The SMILES string of the molecule is CCOC(C)c1ccc(-c2cncc(C(=O)O)n2)cc1. The van der Waals surface area contributed by atoms with Crippen molar-refractivity contribution in [1.29, 1.82) is 0 Å². The minimum absolute atomic E-state index is 0.0329. The maximum atomic E-state index is 10.9. The van der Waals surface area contributed by atoms with Crippen LogP contribution in [0.3, 0.4) is 0 Å². The average Bonchev–Trinajstić information content (AvgIpc) is 2.48. The molecule has 0 spiro atoms. The monoisotopic (exact) mass is 272 g/mol. The number of hydrogen-bond acceptors (Lipinski definition) is 4. The van der Waals surface area contributed by atoms with Crippen molar-refractivity contribution in [2.45, 2.75) is 20.0 Å². The van der Waals surface area contributed by atoms with E-state index < -0.39 is 5.97 Å². The second kappa shape index (κ2) is 6.25. The van der Waals surface area contributed by atoms with E-state index in [0.29, 0.717) is 12.3 Å². The lowest BCUT2D eigenvalue weighted by atomic mass is 10.1. The van der Waals surface area contributed by atoms with Crippen LogP contribution in [0.5, 0.6) is 0 Å². The van der Waals surface area contributed by atoms with Gasteiger partial charge in [0, 0.05) is 12.2 Å². The van der Waals surface area contributed by atoms with Gasteiger partial charge in [0.2, 0.25) is 0 Å². The molecule has 2 aromatic rings. The molecular formula is C15H16N2O3. The zero-order valence-electron chi connectivity index (χ0n) is 11.4. The fourth-order valence-electron chi connectivity index (χ4n) is 1.88. The highest BCUT2D eigenvalue weighted by atomic mass is 16.5. The molecule has 0 radical (unpaired) electrons. The fourth-order valence-corrected chi connectivity index (χ4v) is 1.88. The third-order valence-corrected chi connectivity index (χ3v) is 2.95. The van der Waals surface area contributed by atoms with Crippen LogP contribution in [0.15, 0.2) is 36.7 Å². The minimum Gasteiger partial charge on any atom is -0.476 e. The average molecular weight is 272 g/mol. The lowest BCUT2D eigenvalue weighted by Gasteiger charge is -2.12. The Labute approximate surface area is 117 Å². The molecule has 0 fully saturated rings. The number of carbonyl (C=O) groups is 1. The van der Waals surface area contributed by atoms with Gasteiger partial charge in [-0.1, -0.05) is 24.3 Å². The molecule has 5 nitrogen and oxygen atoms in total.